The highest BCUT2D eigenvalue weighted by atomic mass is 35.5. The maximum absolute atomic E-state index is 13.2. The minimum Gasteiger partial charge on any atom is -0.319 e. The second-order valence-electron chi connectivity index (χ2n) is 6.15. The van der Waals surface area contributed by atoms with Gasteiger partial charge in [0.2, 0.25) is 0 Å². The number of hydrogen-bond acceptors (Lipinski definition) is 3. The maximum Gasteiger partial charge on any atom is 0.417 e. The van der Waals surface area contributed by atoms with Crippen molar-refractivity contribution in [2.75, 3.05) is 5.32 Å². The van der Waals surface area contributed by atoms with Crippen molar-refractivity contribution in [1.82, 2.24) is 14.4 Å². The van der Waals surface area contributed by atoms with E-state index < -0.39 is 17.6 Å². The summed E-state index contributed by atoms with van der Waals surface area (Å²) in [6.07, 6.45) is -2.20. The Kier molecular flexibility index (Phi) is 4.23. The van der Waals surface area contributed by atoms with E-state index in [4.69, 9.17) is 11.6 Å². The van der Waals surface area contributed by atoms with Gasteiger partial charge >= 0.3 is 6.18 Å². The third kappa shape index (κ3) is 3.05. The molecule has 0 bridgehead atoms. The Labute approximate surface area is 161 Å². The number of carbonyl (C=O) groups excluding carboxylic acids is 1. The number of anilines is 1. The van der Waals surface area contributed by atoms with E-state index in [0.717, 1.165) is 22.1 Å². The summed E-state index contributed by atoms with van der Waals surface area (Å²) in [4.78, 5) is 21.3. The first-order valence-electron chi connectivity index (χ1n) is 8.16. The monoisotopic (exact) mass is 404 g/mol. The van der Waals surface area contributed by atoms with Crippen molar-refractivity contribution >= 4 is 39.7 Å². The number of rotatable bonds is 2. The molecule has 0 aliphatic carbocycles. The Morgan fingerprint density at radius 3 is 2.71 bits per heavy atom. The molecule has 1 amide bonds. The minimum atomic E-state index is -4.61. The van der Waals surface area contributed by atoms with Crippen LogP contribution in [0.5, 0.6) is 0 Å². The van der Waals surface area contributed by atoms with Gasteiger partial charge in [0.25, 0.3) is 5.91 Å². The van der Waals surface area contributed by atoms with Crippen LogP contribution in [0, 0.1) is 6.92 Å². The molecule has 3 aromatic heterocycles. The van der Waals surface area contributed by atoms with Crippen molar-refractivity contribution in [2.45, 2.75) is 13.1 Å². The van der Waals surface area contributed by atoms with E-state index in [1.165, 1.54) is 6.92 Å². The molecule has 4 aromatic rings. The fraction of sp³-hybridized carbons (Fsp3) is 0.105. The summed E-state index contributed by atoms with van der Waals surface area (Å²) in [6.45, 7) is 1.53. The van der Waals surface area contributed by atoms with Crippen molar-refractivity contribution < 1.29 is 18.0 Å². The van der Waals surface area contributed by atoms with E-state index in [1.807, 2.05) is 12.1 Å². The first-order valence-corrected chi connectivity index (χ1v) is 8.54. The summed E-state index contributed by atoms with van der Waals surface area (Å²) >= 11 is 5.97. The van der Waals surface area contributed by atoms with Crippen molar-refractivity contribution in [1.29, 1.82) is 0 Å². The predicted octanol–water partition coefficient (Wildman–Crippen LogP) is 5.12. The molecule has 4 rings (SSSR count). The highest BCUT2D eigenvalue weighted by Crippen LogP contribution is 2.33. The normalized spacial score (nSPS) is 11.9. The number of hydrogen-bond donors (Lipinski definition) is 1. The number of pyridine rings is 2. The van der Waals surface area contributed by atoms with Crippen molar-refractivity contribution in [3.05, 3.63) is 70.8 Å². The number of aryl methyl sites for hydroxylation is 1. The molecule has 0 aliphatic heterocycles. The molecule has 0 radical (unpaired) electrons. The molecule has 1 aromatic carbocycles. The number of alkyl halides is 3. The Morgan fingerprint density at radius 2 is 1.96 bits per heavy atom. The summed E-state index contributed by atoms with van der Waals surface area (Å²) in [5, 5.41) is 3.34. The third-order valence-electron chi connectivity index (χ3n) is 4.27. The summed E-state index contributed by atoms with van der Waals surface area (Å²) in [5.41, 5.74) is 0.342. The summed E-state index contributed by atoms with van der Waals surface area (Å²) in [6, 6.07) is 9.65. The van der Waals surface area contributed by atoms with Crippen molar-refractivity contribution in [3.63, 3.8) is 0 Å². The largest absolute Gasteiger partial charge is 0.417 e. The van der Waals surface area contributed by atoms with Crippen LogP contribution in [0.1, 0.15) is 21.7 Å². The van der Waals surface area contributed by atoms with Gasteiger partial charge in [0, 0.05) is 17.8 Å². The average Bonchev–Trinajstić information content (AvgIpc) is 2.98. The molecule has 0 atom stereocenters. The highest BCUT2D eigenvalue weighted by Gasteiger charge is 2.33. The zero-order valence-corrected chi connectivity index (χ0v) is 15.1. The molecule has 1 N–H and O–H groups in total. The highest BCUT2D eigenvalue weighted by molar-refractivity contribution is 6.33. The quantitative estimate of drug-likeness (QED) is 0.504. The van der Waals surface area contributed by atoms with E-state index in [9.17, 15) is 18.0 Å². The number of aromatic nitrogens is 3. The van der Waals surface area contributed by atoms with Gasteiger partial charge < -0.3 is 5.32 Å². The fourth-order valence-electron chi connectivity index (χ4n) is 3.03. The van der Waals surface area contributed by atoms with E-state index >= 15 is 0 Å². The molecule has 0 aliphatic rings. The molecule has 3 heterocycles. The number of imidazole rings is 1. The van der Waals surface area contributed by atoms with Crippen LogP contribution >= 0.6 is 11.6 Å². The van der Waals surface area contributed by atoms with Gasteiger partial charge in [-0.2, -0.15) is 13.2 Å². The third-order valence-corrected chi connectivity index (χ3v) is 4.55. The fourth-order valence-corrected chi connectivity index (χ4v) is 3.28. The second kappa shape index (κ2) is 6.49. The van der Waals surface area contributed by atoms with Crippen LogP contribution in [0.25, 0.3) is 16.6 Å². The molecular formula is C19H12ClF3N4O. The topological polar surface area (TPSA) is 59.3 Å². The van der Waals surface area contributed by atoms with Crippen LogP contribution in [0.3, 0.4) is 0 Å². The first-order chi connectivity index (χ1) is 13.3. The van der Waals surface area contributed by atoms with Gasteiger partial charge in [-0.05, 0) is 25.1 Å². The van der Waals surface area contributed by atoms with E-state index in [0.29, 0.717) is 11.2 Å². The summed E-state index contributed by atoms with van der Waals surface area (Å²) in [7, 11) is 0. The SMILES string of the molecule is Cc1nc2c(Cl)cc(C(F)(F)F)cn2c1C(=O)Nc1cccc2cccnc12. The van der Waals surface area contributed by atoms with E-state index in [2.05, 4.69) is 15.3 Å². The van der Waals surface area contributed by atoms with Gasteiger partial charge in [-0.15, -0.1) is 0 Å². The van der Waals surface area contributed by atoms with Crippen LogP contribution in [-0.4, -0.2) is 20.3 Å². The lowest BCUT2D eigenvalue weighted by Gasteiger charge is -2.11. The molecule has 9 heteroatoms. The molecule has 5 nitrogen and oxygen atoms in total. The lowest BCUT2D eigenvalue weighted by molar-refractivity contribution is -0.137. The van der Waals surface area contributed by atoms with Crippen LogP contribution in [0.4, 0.5) is 18.9 Å². The number of fused-ring (bicyclic) bond motifs is 2. The molecular weight excluding hydrogens is 393 g/mol. The molecule has 0 spiro atoms. The standard InChI is InChI=1S/C19H12ClF3N4O/c1-10-16(27-9-12(19(21,22)23)8-13(20)17(27)25-10)18(28)26-14-6-2-4-11-5-3-7-24-15(11)14/h2-9H,1H3,(H,26,28). The van der Waals surface area contributed by atoms with Gasteiger partial charge in [0.1, 0.15) is 5.69 Å². The molecule has 0 unspecified atom stereocenters. The lowest BCUT2D eigenvalue weighted by atomic mass is 10.2. The molecule has 0 saturated heterocycles. The number of benzene rings is 1. The summed E-state index contributed by atoms with van der Waals surface area (Å²) < 4.78 is 40.5. The molecule has 0 fully saturated rings. The van der Waals surface area contributed by atoms with Crippen LogP contribution in [-0.2, 0) is 6.18 Å². The van der Waals surface area contributed by atoms with Crippen molar-refractivity contribution in [3.8, 4) is 0 Å². The zero-order chi connectivity index (χ0) is 20.1. The van der Waals surface area contributed by atoms with Crippen molar-refractivity contribution in [2.24, 2.45) is 0 Å². The Hall–Kier alpha value is -3.13. The Morgan fingerprint density at radius 1 is 1.21 bits per heavy atom. The van der Waals surface area contributed by atoms with Gasteiger partial charge in [-0.3, -0.25) is 14.2 Å². The Balaban J connectivity index is 1.83. The van der Waals surface area contributed by atoms with Gasteiger partial charge in [-0.1, -0.05) is 29.8 Å². The maximum atomic E-state index is 13.2. The number of nitrogens with one attached hydrogen (secondary N) is 1. The number of para-hydroxylation sites is 1. The number of nitrogens with zero attached hydrogens (tertiary/aromatic N) is 3. The second-order valence-corrected chi connectivity index (χ2v) is 6.56. The average molecular weight is 405 g/mol. The number of carbonyl (C=O) groups is 1. The zero-order valence-electron chi connectivity index (χ0n) is 14.4. The van der Waals surface area contributed by atoms with Gasteiger partial charge in [0.05, 0.1) is 27.5 Å². The summed E-state index contributed by atoms with van der Waals surface area (Å²) in [5.74, 6) is -0.612. The lowest BCUT2D eigenvalue weighted by Crippen LogP contribution is -2.17. The Bertz CT molecular complexity index is 1230. The number of amides is 1. The molecule has 142 valence electrons. The van der Waals surface area contributed by atoms with Gasteiger partial charge in [0.15, 0.2) is 5.65 Å². The van der Waals surface area contributed by atoms with Crippen LogP contribution in [0.15, 0.2) is 48.8 Å². The minimum absolute atomic E-state index is 0.0315. The van der Waals surface area contributed by atoms with Crippen LogP contribution < -0.4 is 5.32 Å². The molecule has 28 heavy (non-hydrogen) atoms. The molecule has 0 saturated carbocycles. The van der Waals surface area contributed by atoms with Gasteiger partial charge in [-0.25, -0.2) is 4.98 Å². The smallest absolute Gasteiger partial charge is 0.319 e. The predicted molar refractivity (Wildman–Crippen MR) is 99.6 cm³/mol. The number of halogens is 4. The van der Waals surface area contributed by atoms with E-state index in [1.54, 1.807) is 24.4 Å². The first kappa shape index (κ1) is 18.2. The van der Waals surface area contributed by atoms with E-state index in [-0.39, 0.29) is 22.1 Å². The van der Waals surface area contributed by atoms with Crippen LogP contribution in [0.2, 0.25) is 5.02 Å².